The Morgan fingerprint density at radius 2 is 2.15 bits per heavy atom. The molecule has 2 aromatic carbocycles. The van der Waals surface area contributed by atoms with E-state index in [2.05, 4.69) is 45.5 Å². The Hall–Kier alpha value is -3.58. The summed E-state index contributed by atoms with van der Waals surface area (Å²) in [5.74, 6) is 0.591. The lowest BCUT2D eigenvalue weighted by molar-refractivity contribution is 0.865. The monoisotopic (exact) mass is 338 g/mol. The molecule has 0 spiro atoms. The maximum Gasteiger partial charge on any atom is 0.149 e. The van der Waals surface area contributed by atoms with Crippen LogP contribution in [0.25, 0.3) is 33.6 Å². The zero-order valence-electron chi connectivity index (χ0n) is 14.5. The highest BCUT2D eigenvalue weighted by atomic mass is 15.0. The number of aryl methyl sites for hydroxylation is 1. The number of H-pyrrole nitrogens is 1. The predicted molar refractivity (Wildman–Crippen MR) is 106 cm³/mol. The summed E-state index contributed by atoms with van der Waals surface area (Å²) in [5, 5.41) is 10.8. The number of nitriles is 1. The van der Waals surface area contributed by atoms with E-state index in [4.69, 9.17) is 0 Å². The molecule has 126 valence electrons. The summed E-state index contributed by atoms with van der Waals surface area (Å²) in [7, 11) is 0. The molecule has 2 heterocycles. The third-order valence-electron chi connectivity index (χ3n) is 4.46. The maximum atomic E-state index is 9.70. The second-order valence-corrected chi connectivity index (χ2v) is 6.32. The predicted octanol–water partition coefficient (Wildman–Crippen LogP) is 5.08. The minimum absolute atomic E-state index is 0.514. The van der Waals surface area contributed by atoms with Gasteiger partial charge in [0.25, 0.3) is 0 Å². The van der Waals surface area contributed by atoms with Crippen molar-refractivity contribution in [2.45, 2.75) is 13.5 Å². The Balaban J connectivity index is 1.86. The van der Waals surface area contributed by atoms with Gasteiger partial charge in [0.05, 0.1) is 16.6 Å². The number of benzene rings is 2. The molecule has 0 aliphatic carbocycles. The Morgan fingerprint density at radius 3 is 2.96 bits per heavy atom. The standard InChI is InChI=1S/C22H18N4/c1-3-10-26-14-17(18-6-4-5-7-21(18)26)12-16(13-23)22-24-19-9-8-15(2)11-20(19)25-22/h3-9,11-12,14H,1,10H2,2H3,(H,24,25)/b16-12-. The van der Waals surface area contributed by atoms with Gasteiger partial charge in [0.2, 0.25) is 0 Å². The van der Waals surface area contributed by atoms with Gasteiger partial charge in [-0.2, -0.15) is 5.26 Å². The first-order valence-corrected chi connectivity index (χ1v) is 8.47. The third kappa shape index (κ3) is 2.70. The molecule has 4 aromatic rings. The van der Waals surface area contributed by atoms with E-state index < -0.39 is 0 Å². The Bertz CT molecular complexity index is 1200. The molecule has 0 aliphatic rings. The molecule has 0 atom stereocenters. The van der Waals surface area contributed by atoms with Crippen molar-refractivity contribution in [3.63, 3.8) is 0 Å². The highest BCUT2D eigenvalue weighted by Crippen LogP contribution is 2.26. The molecule has 1 N–H and O–H groups in total. The van der Waals surface area contributed by atoms with Gasteiger partial charge in [-0.15, -0.1) is 6.58 Å². The van der Waals surface area contributed by atoms with Gasteiger partial charge < -0.3 is 9.55 Å². The van der Waals surface area contributed by atoms with Crippen molar-refractivity contribution >= 4 is 33.6 Å². The van der Waals surface area contributed by atoms with Crippen molar-refractivity contribution in [2.75, 3.05) is 0 Å². The van der Waals surface area contributed by atoms with Crippen molar-refractivity contribution in [2.24, 2.45) is 0 Å². The van der Waals surface area contributed by atoms with Crippen LogP contribution in [0, 0.1) is 18.3 Å². The summed E-state index contributed by atoms with van der Waals surface area (Å²) >= 11 is 0. The van der Waals surface area contributed by atoms with Gasteiger partial charge in [-0.3, -0.25) is 0 Å². The van der Waals surface area contributed by atoms with E-state index in [-0.39, 0.29) is 0 Å². The first-order chi connectivity index (χ1) is 12.7. The number of allylic oxidation sites excluding steroid dienone is 2. The normalized spacial score (nSPS) is 11.8. The summed E-state index contributed by atoms with van der Waals surface area (Å²) in [5.41, 5.74) is 5.59. The number of fused-ring (bicyclic) bond motifs is 2. The summed E-state index contributed by atoms with van der Waals surface area (Å²) in [6.07, 6.45) is 5.82. The van der Waals surface area contributed by atoms with Crippen molar-refractivity contribution < 1.29 is 0 Å². The topological polar surface area (TPSA) is 57.4 Å². The highest BCUT2D eigenvalue weighted by Gasteiger charge is 2.11. The van der Waals surface area contributed by atoms with Gasteiger partial charge in [0.15, 0.2) is 0 Å². The van der Waals surface area contributed by atoms with Gasteiger partial charge in [0.1, 0.15) is 11.9 Å². The molecular weight excluding hydrogens is 320 g/mol. The van der Waals surface area contributed by atoms with Crippen LogP contribution >= 0.6 is 0 Å². The van der Waals surface area contributed by atoms with Crippen LogP contribution in [0.2, 0.25) is 0 Å². The average Bonchev–Trinajstić information content (AvgIpc) is 3.21. The van der Waals surface area contributed by atoms with Crippen LogP contribution in [0.5, 0.6) is 0 Å². The van der Waals surface area contributed by atoms with Crippen LogP contribution in [0.15, 0.2) is 61.3 Å². The average molecular weight is 338 g/mol. The minimum Gasteiger partial charge on any atom is -0.343 e. The van der Waals surface area contributed by atoms with E-state index in [9.17, 15) is 5.26 Å². The van der Waals surface area contributed by atoms with Crippen LogP contribution in [0.1, 0.15) is 17.0 Å². The van der Waals surface area contributed by atoms with E-state index in [1.54, 1.807) is 0 Å². The second-order valence-electron chi connectivity index (χ2n) is 6.32. The number of hydrogen-bond donors (Lipinski definition) is 1. The smallest absolute Gasteiger partial charge is 0.149 e. The van der Waals surface area contributed by atoms with Gasteiger partial charge in [-0.1, -0.05) is 30.3 Å². The van der Waals surface area contributed by atoms with Gasteiger partial charge in [0, 0.05) is 29.2 Å². The first kappa shape index (κ1) is 15.9. The largest absolute Gasteiger partial charge is 0.343 e. The Labute approximate surface area is 151 Å². The molecule has 0 saturated heterocycles. The summed E-state index contributed by atoms with van der Waals surface area (Å²) in [6, 6.07) is 16.5. The fraction of sp³-hybridized carbons (Fsp3) is 0.0909. The van der Waals surface area contributed by atoms with Gasteiger partial charge in [-0.05, 0) is 36.8 Å². The first-order valence-electron chi connectivity index (χ1n) is 8.47. The third-order valence-corrected chi connectivity index (χ3v) is 4.46. The number of nitrogens with one attached hydrogen (secondary N) is 1. The van der Waals surface area contributed by atoms with Crippen LogP contribution < -0.4 is 0 Å². The van der Waals surface area contributed by atoms with Crippen molar-refractivity contribution in [1.29, 1.82) is 5.26 Å². The van der Waals surface area contributed by atoms with Gasteiger partial charge in [-0.25, -0.2) is 4.98 Å². The van der Waals surface area contributed by atoms with Crippen LogP contribution in [0.3, 0.4) is 0 Å². The number of para-hydroxylation sites is 1. The van der Waals surface area contributed by atoms with E-state index in [1.165, 1.54) is 0 Å². The molecule has 0 saturated carbocycles. The maximum absolute atomic E-state index is 9.70. The van der Waals surface area contributed by atoms with Crippen molar-refractivity contribution in [1.82, 2.24) is 14.5 Å². The quantitative estimate of drug-likeness (QED) is 0.417. The molecule has 4 nitrogen and oxygen atoms in total. The van der Waals surface area contributed by atoms with E-state index >= 15 is 0 Å². The highest BCUT2D eigenvalue weighted by molar-refractivity contribution is 5.98. The summed E-state index contributed by atoms with van der Waals surface area (Å²) in [6.45, 7) is 6.58. The molecule has 0 unspecified atom stereocenters. The lowest BCUT2D eigenvalue weighted by Gasteiger charge is -1.98. The lowest BCUT2D eigenvalue weighted by atomic mass is 10.1. The number of aromatic nitrogens is 3. The van der Waals surface area contributed by atoms with E-state index in [0.29, 0.717) is 11.4 Å². The van der Waals surface area contributed by atoms with Crippen molar-refractivity contribution in [3.8, 4) is 6.07 Å². The molecule has 0 aliphatic heterocycles. The van der Waals surface area contributed by atoms with Crippen LogP contribution in [0.4, 0.5) is 0 Å². The number of imidazole rings is 1. The molecule has 0 fully saturated rings. The molecule has 4 heteroatoms. The molecular formula is C22H18N4. The minimum atomic E-state index is 0.514. The second kappa shape index (κ2) is 6.38. The molecule has 0 amide bonds. The lowest BCUT2D eigenvalue weighted by Crippen LogP contribution is -1.91. The summed E-state index contributed by atoms with van der Waals surface area (Å²) in [4.78, 5) is 7.84. The zero-order chi connectivity index (χ0) is 18.1. The fourth-order valence-electron chi connectivity index (χ4n) is 3.24. The number of rotatable bonds is 4. The number of hydrogen-bond acceptors (Lipinski definition) is 2. The molecule has 0 radical (unpaired) electrons. The Kier molecular flexibility index (Phi) is 3.91. The van der Waals surface area contributed by atoms with Crippen molar-refractivity contribution in [3.05, 3.63) is 78.3 Å². The molecule has 2 aromatic heterocycles. The number of nitrogens with zero attached hydrogens (tertiary/aromatic N) is 3. The summed E-state index contributed by atoms with van der Waals surface area (Å²) < 4.78 is 2.13. The SMILES string of the molecule is C=CCn1cc(/C=C(/C#N)c2nc3ccc(C)cc3[nH]2)c2ccccc21. The van der Waals surface area contributed by atoms with E-state index in [0.717, 1.165) is 39.6 Å². The van der Waals surface area contributed by atoms with E-state index in [1.807, 2.05) is 49.4 Å². The molecule has 4 rings (SSSR count). The van der Waals surface area contributed by atoms with Crippen LogP contribution in [-0.4, -0.2) is 14.5 Å². The fourth-order valence-corrected chi connectivity index (χ4v) is 3.24. The van der Waals surface area contributed by atoms with Crippen LogP contribution in [-0.2, 0) is 6.54 Å². The molecule has 0 bridgehead atoms. The number of aromatic amines is 1. The zero-order valence-corrected chi connectivity index (χ0v) is 14.5. The molecule has 26 heavy (non-hydrogen) atoms. The Morgan fingerprint density at radius 1 is 1.31 bits per heavy atom. The van der Waals surface area contributed by atoms with Gasteiger partial charge >= 0.3 is 0 Å².